The number of ether oxygens (including phenoxy) is 1. The maximum Gasteiger partial charge on any atom is 0.0471 e. The van der Waals surface area contributed by atoms with E-state index in [1.165, 1.54) is 25.7 Å². The van der Waals surface area contributed by atoms with Gasteiger partial charge in [0.15, 0.2) is 0 Å². The molecule has 0 aromatic carbocycles. The summed E-state index contributed by atoms with van der Waals surface area (Å²) < 4.78 is 5.76. The third-order valence-electron chi connectivity index (χ3n) is 3.87. The van der Waals surface area contributed by atoms with Crippen LogP contribution in [0.15, 0.2) is 0 Å². The average molecular weight is 243 g/mol. The van der Waals surface area contributed by atoms with Crippen molar-refractivity contribution < 1.29 is 4.74 Å². The summed E-state index contributed by atoms with van der Waals surface area (Å²) in [5, 5.41) is 3.49. The molecular formula is C15H33NO. The van der Waals surface area contributed by atoms with Crippen molar-refractivity contribution in [2.24, 2.45) is 11.3 Å². The Morgan fingerprint density at radius 1 is 1.06 bits per heavy atom. The van der Waals surface area contributed by atoms with Crippen LogP contribution in [0, 0.1) is 11.3 Å². The maximum atomic E-state index is 5.76. The lowest BCUT2D eigenvalue weighted by Gasteiger charge is -2.32. The van der Waals surface area contributed by atoms with E-state index in [2.05, 4.69) is 39.9 Å². The molecule has 0 aliphatic rings. The van der Waals surface area contributed by atoms with Crippen LogP contribution in [0.3, 0.4) is 0 Å². The molecule has 104 valence electrons. The number of hydrogen-bond acceptors (Lipinski definition) is 2. The molecule has 0 unspecified atom stereocenters. The molecule has 0 aromatic rings. The fourth-order valence-electron chi connectivity index (χ4n) is 2.04. The summed E-state index contributed by atoms with van der Waals surface area (Å²) in [4.78, 5) is 0. The Kier molecular flexibility index (Phi) is 9.85. The van der Waals surface area contributed by atoms with Crippen LogP contribution < -0.4 is 5.32 Å². The van der Waals surface area contributed by atoms with Crippen LogP contribution in [0.2, 0.25) is 0 Å². The summed E-state index contributed by atoms with van der Waals surface area (Å²) in [5.41, 5.74) is 0.438. The second-order valence-corrected chi connectivity index (χ2v) is 5.53. The van der Waals surface area contributed by atoms with Gasteiger partial charge in [-0.05, 0) is 43.6 Å². The molecule has 2 nitrogen and oxygen atoms in total. The minimum Gasteiger partial charge on any atom is -0.381 e. The van der Waals surface area contributed by atoms with Crippen molar-refractivity contribution in [2.75, 3.05) is 26.3 Å². The second-order valence-electron chi connectivity index (χ2n) is 5.53. The van der Waals surface area contributed by atoms with Crippen molar-refractivity contribution in [1.82, 2.24) is 5.32 Å². The fraction of sp³-hybridized carbons (Fsp3) is 1.00. The summed E-state index contributed by atoms with van der Waals surface area (Å²) in [7, 11) is 0. The van der Waals surface area contributed by atoms with Crippen LogP contribution in [0.4, 0.5) is 0 Å². The van der Waals surface area contributed by atoms with Gasteiger partial charge in [-0.3, -0.25) is 0 Å². The number of hydrogen-bond donors (Lipinski definition) is 1. The van der Waals surface area contributed by atoms with Gasteiger partial charge in [-0.2, -0.15) is 0 Å². The number of rotatable bonds is 11. The molecular weight excluding hydrogens is 210 g/mol. The summed E-state index contributed by atoms with van der Waals surface area (Å²) in [6, 6.07) is 0. The molecule has 0 fully saturated rings. The number of nitrogens with one attached hydrogen (secondary N) is 1. The van der Waals surface area contributed by atoms with Crippen LogP contribution >= 0.6 is 0 Å². The molecule has 0 saturated heterocycles. The first kappa shape index (κ1) is 16.9. The van der Waals surface area contributed by atoms with Gasteiger partial charge < -0.3 is 10.1 Å². The van der Waals surface area contributed by atoms with E-state index in [1.54, 1.807) is 0 Å². The van der Waals surface area contributed by atoms with E-state index in [0.717, 1.165) is 32.2 Å². The molecule has 0 aliphatic heterocycles. The molecule has 0 radical (unpaired) electrons. The molecule has 0 bridgehead atoms. The lowest BCUT2D eigenvalue weighted by molar-refractivity contribution is 0.0818. The molecule has 2 heteroatoms. The Balaban J connectivity index is 3.83. The van der Waals surface area contributed by atoms with Gasteiger partial charge in [-0.1, -0.05) is 34.6 Å². The van der Waals surface area contributed by atoms with Crippen LogP contribution in [-0.4, -0.2) is 26.3 Å². The van der Waals surface area contributed by atoms with E-state index < -0.39 is 0 Å². The van der Waals surface area contributed by atoms with Crippen LogP contribution in [0.1, 0.15) is 60.3 Å². The lowest BCUT2D eigenvalue weighted by Crippen LogP contribution is -2.34. The van der Waals surface area contributed by atoms with Gasteiger partial charge in [0.1, 0.15) is 0 Å². The van der Waals surface area contributed by atoms with Gasteiger partial charge >= 0.3 is 0 Å². The molecule has 17 heavy (non-hydrogen) atoms. The molecule has 0 heterocycles. The first-order chi connectivity index (χ1) is 8.10. The van der Waals surface area contributed by atoms with E-state index in [1.807, 2.05) is 0 Å². The van der Waals surface area contributed by atoms with E-state index >= 15 is 0 Å². The van der Waals surface area contributed by atoms with Crippen molar-refractivity contribution in [2.45, 2.75) is 60.3 Å². The van der Waals surface area contributed by atoms with Crippen LogP contribution in [-0.2, 0) is 4.74 Å². The van der Waals surface area contributed by atoms with Gasteiger partial charge in [0.05, 0.1) is 0 Å². The smallest absolute Gasteiger partial charge is 0.0471 e. The monoisotopic (exact) mass is 243 g/mol. The Morgan fingerprint density at radius 3 is 2.18 bits per heavy atom. The zero-order valence-corrected chi connectivity index (χ0v) is 12.6. The molecule has 0 aromatic heterocycles. The quantitative estimate of drug-likeness (QED) is 0.556. The van der Waals surface area contributed by atoms with Gasteiger partial charge in [-0.15, -0.1) is 0 Å². The molecule has 0 spiro atoms. The van der Waals surface area contributed by atoms with Crippen molar-refractivity contribution in [3.63, 3.8) is 0 Å². The summed E-state index contributed by atoms with van der Waals surface area (Å²) >= 11 is 0. The highest BCUT2D eigenvalue weighted by Gasteiger charge is 2.24. The Bertz CT molecular complexity index is 164. The molecule has 0 atom stereocenters. The van der Waals surface area contributed by atoms with E-state index in [4.69, 9.17) is 4.74 Å². The largest absolute Gasteiger partial charge is 0.381 e. The zero-order chi connectivity index (χ0) is 13.1. The summed E-state index contributed by atoms with van der Waals surface area (Å²) in [5.74, 6) is 0.749. The van der Waals surface area contributed by atoms with E-state index in [-0.39, 0.29) is 0 Å². The van der Waals surface area contributed by atoms with E-state index in [9.17, 15) is 0 Å². The van der Waals surface area contributed by atoms with Crippen LogP contribution in [0.25, 0.3) is 0 Å². The van der Waals surface area contributed by atoms with Gasteiger partial charge in [0.2, 0.25) is 0 Å². The highest BCUT2D eigenvalue weighted by molar-refractivity contribution is 4.78. The first-order valence-corrected chi connectivity index (χ1v) is 7.38. The van der Waals surface area contributed by atoms with Gasteiger partial charge in [-0.25, -0.2) is 0 Å². The minimum absolute atomic E-state index is 0.438. The van der Waals surface area contributed by atoms with Gasteiger partial charge in [0, 0.05) is 19.8 Å². The first-order valence-electron chi connectivity index (χ1n) is 7.38. The highest BCUT2D eigenvalue weighted by Crippen LogP contribution is 2.29. The zero-order valence-electron chi connectivity index (χ0n) is 12.6. The Morgan fingerprint density at radius 2 is 1.71 bits per heavy atom. The van der Waals surface area contributed by atoms with Crippen molar-refractivity contribution in [3.05, 3.63) is 0 Å². The van der Waals surface area contributed by atoms with Crippen molar-refractivity contribution in [3.8, 4) is 0 Å². The summed E-state index contributed by atoms with van der Waals surface area (Å²) in [6.45, 7) is 15.3. The predicted molar refractivity (Wildman–Crippen MR) is 76.4 cm³/mol. The minimum atomic E-state index is 0.438. The molecule has 0 amide bonds. The second kappa shape index (κ2) is 9.90. The molecule has 0 aliphatic carbocycles. The predicted octanol–water partition coefficient (Wildman–Crippen LogP) is 3.86. The normalized spacial score (nSPS) is 12.4. The third-order valence-corrected chi connectivity index (χ3v) is 3.87. The lowest BCUT2D eigenvalue weighted by atomic mass is 9.79. The Hall–Kier alpha value is -0.0800. The Labute approximate surface area is 109 Å². The van der Waals surface area contributed by atoms with Crippen molar-refractivity contribution >= 4 is 0 Å². The highest BCUT2D eigenvalue weighted by atomic mass is 16.5. The molecule has 0 rings (SSSR count). The molecule has 0 saturated carbocycles. The average Bonchev–Trinajstić information content (AvgIpc) is 2.33. The maximum absolute atomic E-state index is 5.76. The van der Waals surface area contributed by atoms with Gasteiger partial charge in [0.25, 0.3) is 0 Å². The molecule has 1 N–H and O–H groups in total. The third kappa shape index (κ3) is 7.77. The SMILES string of the molecule is CCNCC(CC)(CC)CCOCCC(C)C. The fourth-order valence-corrected chi connectivity index (χ4v) is 2.04. The topological polar surface area (TPSA) is 21.3 Å². The summed E-state index contributed by atoms with van der Waals surface area (Å²) in [6.07, 6.45) is 4.84. The van der Waals surface area contributed by atoms with E-state index in [0.29, 0.717) is 5.41 Å². The van der Waals surface area contributed by atoms with Crippen molar-refractivity contribution in [1.29, 1.82) is 0 Å². The standard InChI is InChI=1S/C15H33NO/c1-6-15(7-2,13-16-8-3)10-12-17-11-9-14(4)5/h14,16H,6-13H2,1-5H3. The van der Waals surface area contributed by atoms with Crippen LogP contribution in [0.5, 0.6) is 0 Å².